The first-order valence-electron chi connectivity index (χ1n) is 13.6. The summed E-state index contributed by atoms with van der Waals surface area (Å²) in [6.07, 6.45) is 5.20. The van der Waals surface area contributed by atoms with Crippen molar-refractivity contribution in [1.29, 1.82) is 0 Å². The van der Waals surface area contributed by atoms with Crippen LogP contribution >= 0.6 is 0 Å². The van der Waals surface area contributed by atoms with Gasteiger partial charge >= 0.3 is 0 Å². The number of aliphatic hydroxyl groups is 2. The van der Waals surface area contributed by atoms with Crippen LogP contribution in [0.25, 0.3) is 10.8 Å². The fraction of sp³-hybridized carbons (Fsp3) is 0.333. The van der Waals surface area contributed by atoms with Crippen LogP contribution in [0.5, 0.6) is 0 Å². The van der Waals surface area contributed by atoms with Crippen LogP contribution in [0, 0.1) is 10.1 Å². The zero-order chi connectivity index (χ0) is 29.3. The van der Waals surface area contributed by atoms with Crippen LogP contribution in [-0.4, -0.2) is 63.4 Å². The van der Waals surface area contributed by atoms with Crippen molar-refractivity contribution < 1.29 is 34.3 Å². The van der Waals surface area contributed by atoms with Crippen LogP contribution in [0.15, 0.2) is 42.5 Å². The van der Waals surface area contributed by atoms with E-state index in [1.165, 1.54) is 47.4 Å². The van der Waals surface area contributed by atoms with Gasteiger partial charge in [-0.15, -0.1) is 0 Å². The normalized spacial score (nSPS) is 14.4. The van der Waals surface area contributed by atoms with Gasteiger partial charge in [0, 0.05) is 58.9 Å². The van der Waals surface area contributed by atoms with Crippen LogP contribution in [-0.2, 0) is 6.42 Å². The maximum Gasteiger partial charge on any atom is 0.293 e. The molecule has 2 aliphatic heterocycles. The number of aliphatic hydroxyl groups excluding tert-OH is 2. The average Bonchev–Trinajstić information content (AvgIpc) is 2.96. The van der Waals surface area contributed by atoms with Crippen molar-refractivity contribution >= 4 is 45.8 Å². The summed E-state index contributed by atoms with van der Waals surface area (Å²) in [6.45, 7) is 0.181. The molecule has 0 fully saturated rings. The summed E-state index contributed by atoms with van der Waals surface area (Å²) >= 11 is 0. The van der Waals surface area contributed by atoms with Gasteiger partial charge in [0.25, 0.3) is 29.3 Å². The minimum Gasteiger partial charge on any atom is -0.396 e. The van der Waals surface area contributed by atoms with Gasteiger partial charge in [-0.25, -0.2) is 4.90 Å². The van der Waals surface area contributed by atoms with Crippen LogP contribution in [0.2, 0.25) is 0 Å². The maximum atomic E-state index is 13.7. The second-order valence-electron chi connectivity index (χ2n) is 10.2. The molecule has 212 valence electrons. The van der Waals surface area contributed by atoms with E-state index in [1.54, 1.807) is 0 Å². The highest BCUT2D eigenvalue weighted by Gasteiger charge is 2.41. The van der Waals surface area contributed by atoms with Crippen LogP contribution in [0.3, 0.4) is 0 Å². The molecule has 3 aromatic rings. The van der Waals surface area contributed by atoms with E-state index in [-0.39, 0.29) is 64.9 Å². The highest BCUT2D eigenvalue weighted by atomic mass is 16.6. The Kier molecular flexibility index (Phi) is 7.91. The zero-order valence-corrected chi connectivity index (χ0v) is 22.3. The summed E-state index contributed by atoms with van der Waals surface area (Å²) < 4.78 is 0. The van der Waals surface area contributed by atoms with Gasteiger partial charge in [-0.05, 0) is 55.2 Å². The number of hydrogen-bond donors (Lipinski definition) is 2. The van der Waals surface area contributed by atoms with Crippen molar-refractivity contribution in [1.82, 2.24) is 4.90 Å². The van der Waals surface area contributed by atoms with Crippen molar-refractivity contribution in [2.24, 2.45) is 0 Å². The van der Waals surface area contributed by atoms with E-state index in [0.717, 1.165) is 37.0 Å². The number of carbonyl (C=O) groups is 4. The number of rotatable bonds is 12. The van der Waals surface area contributed by atoms with E-state index in [1.807, 2.05) is 0 Å². The lowest BCUT2D eigenvalue weighted by molar-refractivity contribution is -0.384. The summed E-state index contributed by atoms with van der Waals surface area (Å²) in [5, 5.41) is 30.4. The van der Waals surface area contributed by atoms with Gasteiger partial charge in [-0.3, -0.25) is 34.2 Å². The van der Waals surface area contributed by atoms with Crippen molar-refractivity contribution in [2.45, 2.75) is 44.9 Å². The van der Waals surface area contributed by atoms with Crippen molar-refractivity contribution in [3.05, 3.63) is 80.4 Å². The molecule has 0 spiro atoms. The minimum atomic E-state index is -0.798. The third-order valence-corrected chi connectivity index (χ3v) is 7.65. The number of benzene rings is 3. The summed E-state index contributed by atoms with van der Waals surface area (Å²) in [6, 6.07) is 9.82. The number of nitro groups is 1. The van der Waals surface area contributed by atoms with Gasteiger partial charge in [0.05, 0.1) is 4.92 Å². The SMILES string of the molecule is O=C1c2ccc3c4c(ccc(c24)C(=O)N1CCCCCCCCO)C(=O)N(c1ccc(CCO)cc1[N+](=O)[O-])C3=O. The molecular formula is C30H29N3O8. The Labute approximate surface area is 235 Å². The van der Waals surface area contributed by atoms with E-state index in [0.29, 0.717) is 12.0 Å². The molecule has 2 aliphatic rings. The van der Waals surface area contributed by atoms with Crippen molar-refractivity contribution in [3.63, 3.8) is 0 Å². The smallest absolute Gasteiger partial charge is 0.293 e. The summed E-state index contributed by atoms with van der Waals surface area (Å²) in [5.41, 5.74) is 0.369. The first-order valence-corrected chi connectivity index (χ1v) is 13.6. The third kappa shape index (κ3) is 4.87. The van der Waals surface area contributed by atoms with Crippen LogP contribution < -0.4 is 4.90 Å². The number of imide groups is 2. The molecule has 0 radical (unpaired) electrons. The Morgan fingerprint density at radius 3 is 1.68 bits per heavy atom. The molecule has 11 heteroatoms. The quantitative estimate of drug-likeness (QED) is 0.146. The van der Waals surface area contributed by atoms with Gasteiger partial charge in [-0.2, -0.15) is 0 Å². The van der Waals surface area contributed by atoms with Gasteiger partial charge in [0.2, 0.25) is 0 Å². The van der Waals surface area contributed by atoms with Gasteiger partial charge in [0.1, 0.15) is 5.69 Å². The molecule has 0 unspecified atom stereocenters. The van der Waals surface area contributed by atoms with Gasteiger partial charge in [-0.1, -0.05) is 31.7 Å². The average molecular weight is 560 g/mol. The number of anilines is 1. The van der Waals surface area contributed by atoms with E-state index < -0.39 is 34.2 Å². The first kappa shape index (κ1) is 28.1. The molecule has 0 bridgehead atoms. The molecule has 4 amide bonds. The fourth-order valence-corrected chi connectivity index (χ4v) is 5.62. The summed E-state index contributed by atoms with van der Waals surface area (Å²) in [4.78, 5) is 67.3. The molecule has 0 saturated heterocycles. The Morgan fingerprint density at radius 1 is 0.659 bits per heavy atom. The number of unbranched alkanes of at least 4 members (excludes halogenated alkanes) is 5. The lowest BCUT2D eigenvalue weighted by Gasteiger charge is -2.31. The molecule has 5 rings (SSSR count). The van der Waals surface area contributed by atoms with Gasteiger partial charge < -0.3 is 10.2 Å². The number of hydrogen-bond acceptors (Lipinski definition) is 8. The highest BCUT2D eigenvalue weighted by molar-refractivity contribution is 6.39. The highest BCUT2D eigenvalue weighted by Crippen LogP contribution is 2.41. The minimum absolute atomic E-state index is 0.0610. The molecule has 2 N–H and O–H groups in total. The predicted molar refractivity (Wildman–Crippen MR) is 149 cm³/mol. The number of amides is 4. The topological polar surface area (TPSA) is 158 Å². The molecule has 3 aromatic carbocycles. The summed E-state index contributed by atoms with van der Waals surface area (Å²) in [7, 11) is 0. The van der Waals surface area contributed by atoms with Crippen molar-refractivity contribution in [3.8, 4) is 0 Å². The molecule has 0 aliphatic carbocycles. The third-order valence-electron chi connectivity index (χ3n) is 7.65. The Morgan fingerprint density at radius 2 is 1.17 bits per heavy atom. The lowest BCUT2D eigenvalue weighted by atomic mass is 9.85. The van der Waals surface area contributed by atoms with Crippen molar-refractivity contribution in [2.75, 3.05) is 24.7 Å². The maximum absolute atomic E-state index is 13.7. The molecule has 0 saturated carbocycles. The molecular weight excluding hydrogens is 530 g/mol. The molecule has 11 nitrogen and oxygen atoms in total. The lowest BCUT2D eigenvalue weighted by Crippen LogP contribution is -2.43. The predicted octanol–water partition coefficient (Wildman–Crippen LogP) is 4.01. The van der Waals surface area contributed by atoms with E-state index in [9.17, 15) is 34.4 Å². The summed E-state index contributed by atoms with van der Waals surface area (Å²) in [5.74, 6) is -2.59. The van der Waals surface area contributed by atoms with E-state index in [2.05, 4.69) is 0 Å². The Hall–Kier alpha value is -4.48. The standard InChI is InChI=1S/C30H29N3O8/c34-15-6-4-2-1-3-5-14-31-27(36)19-8-10-21-26-22(11-9-20(25(19)26)28(31)37)30(39)32(29(21)38)23-12-7-18(13-16-35)17-24(23)33(40)41/h7-12,17,34-35H,1-6,13-16H2. The number of carbonyl (C=O) groups excluding carboxylic acids is 4. The van der Waals surface area contributed by atoms with E-state index in [4.69, 9.17) is 5.11 Å². The van der Waals surface area contributed by atoms with Crippen LogP contribution in [0.4, 0.5) is 11.4 Å². The molecule has 0 atom stereocenters. The largest absolute Gasteiger partial charge is 0.396 e. The Balaban J connectivity index is 1.48. The molecule has 0 aromatic heterocycles. The fourth-order valence-electron chi connectivity index (χ4n) is 5.62. The van der Waals surface area contributed by atoms with Gasteiger partial charge in [0.15, 0.2) is 0 Å². The molecule has 41 heavy (non-hydrogen) atoms. The monoisotopic (exact) mass is 559 g/mol. The van der Waals surface area contributed by atoms with Crippen LogP contribution in [0.1, 0.15) is 85.5 Å². The van der Waals surface area contributed by atoms with E-state index >= 15 is 0 Å². The second-order valence-corrected chi connectivity index (χ2v) is 10.2. The Bertz CT molecular complexity index is 1530. The first-order chi connectivity index (χ1) is 19.8. The second kappa shape index (κ2) is 11.6. The zero-order valence-electron chi connectivity index (χ0n) is 22.3. The number of nitrogens with zero attached hydrogens (tertiary/aromatic N) is 3. The molecule has 2 heterocycles. The number of nitro benzene ring substituents is 1.